The number of nitrogens with one attached hydrogen (secondary N) is 2. The van der Waals surface area contributed by atoms with E-state index in [0.29, 0.717) is 37.0 Å². The highest BCUT2D eigenvalue weighted by molar-refractivity contribution is 5.80. The summed E-state index contributed by atoms with van der Waals surface area (Å²) in [5.74, 6) is 1.28. The molecule has 32 heavy (non-hydrogen) atoms. The number of aliphatic hydroxyl groups excluding tert-OH is 1. The molecule has 9 heteroatoms. The average Bonchev–Trinajstić information content (AvgIpc) is 2.82. The Bertz CT molecular complexity index is 1220. The van der Waals surface area contributed by atoms with Crippen LogP contribution in [0.2, 0.25) is 0 Å². The molecule has 3 N–H and O–H groups in total. The zero-order chi connectivity index (χ0) is 22.3. The fourth-order valence-corrected chi connectivity index (χ4v) is 3.43. The first kappa shape index (κ1) is 21.4. The maximum atomic E-state index is 12.5. The lowest BCUT2D eigenvalue weighted by Gasteiger charge is -2.18. The third-order valence-electron chi connectivity index (χ3n) is 5.14. The first-order chi connectivity index (χ1) is 15.6. The third-order valence-corrected chi connectivity index (χ3v) is 5.14. The van der Waals surface area contributed by atoms with Gasteiger partial charge < -0.3 is 15.7 Å². The molecule has 1 unspecified atom stereocenters. The summed E-state index contributed by atoms with van der Waals surface area (Å²) in [4.78, 5) is 21.1. The van der Waals surface area contributed by atoms with Gasteiger partial charge in [0.15, 0.2) is 0 Å². The summed E-state index contributed by atoms with van der Waals surface area (Å²) in [6.45, 7) is 3.10. The van der Waals surface area contributed by atoms with Crippen molar-refractivity contribution < 1.29 is 5.11 Å². The lowest BCUT2D eigenvalue weighted by atomic mass is 10.1. The van der Waals surface area contributed by atoms with E-state index in [9.17, 15) is 9.90 Å². The van der Waals surface area contributed by atoms with Crippen molar-refractivity contribution in [3.63, 3.8) is 0 Å². The molecule has 4 aromatic rings. The molecule has 0 spiro atoms. The second kappa shape index (κ2) is 9.97. The third kappa shape index (κ3) is 5.06. The molecule has 0 aliphatic carbocycles. The fourth-order valence-electron chi connectivity index (χ4n) is 3.43. The summed E-state index contributed by atoms with van der Waals surface area (Å²) >= 11 is 0. The molecule has 9 nitrogen and oxygen atoms in total. The zero-order valence-corrected chi connectivity index (χ0v) is 17.8. The summed E-state index contributed by atoms with van der Waals surface area (Å²) < 4.78 is 1.65. The van der Waals surface area contributed by atoms with Gasteiger partial charge in [-0.2, -0.15) is 5.10 Å². The van der Waals surface area contributed by atoms with Gasteiger partial charge in [0.25, 0.3) is 5.56 Å². The predicted molar refractivity (Wildman–Crippen MR) is 124 cm³/mol. The molecule has 0 aliphatic heterocycles. The van der Waals surface area contributed by atoms with Crippen LogP contribution >= 0.6 is 0 Å². The highest BCUT2D eigenvalue weighted by atomic mass is 16.3. The van der Waals surface area contributed by atoms with Crippen LogP contribution in [0.3, 0.4) is 0 Å². The molecule has 0 fully saturated rings. The predicted octanol–water partition coefficient (Wildman–Crippen LogP) is 2.40. The first-order valence-corrected chi connectivity index (χ1v) is 10.5. The van der Waals surface area contributed by atoms with E-state index in [1.807, 2.05) is 49.4 Å². The number of aryl methyl sites for hydroxylation is 1. The smallest absolute Gasteiger partial charge is 0.255 e. The van der Waals surface area contributed by atoms with E-state index in [0.717, 1.165) is 16.6 Å². The summed E-state index contributed by atoms with van der Waals surface area (Å²) in [7, 11) is 0. The van der Waals surface area contributed by atoms with E-state index in [2.05, 4.69) is 30.8 Å². The SMILES string of the molecule is Cc1cnc(NCC(CCO)CNc2ccc(-n3c(=O)ccc4ccccc43)cn2)nn1. The Labute approximate surface area is 185 Å². The monoisotopic (exact) mass is 431 g/mol. The molecule has 4 rings (SSSR count). The van der Waals surface area contributed by atoms with Crippen molar-refractivity contribution in [3.05, 3.63) is 77.0 Å². The number of aromatic nitrogens is 5. The van der Waals surface area contributed by atoms with E-state index in [4.69, 9.17) is 0 Å². The van der Waals surface area contributed by atoms with Crippen LogP contribution in [0, 0.1) is 12.8 Å². The van der Waals surface area contributed by atoms with Crippen molar-refractivity contribution >= 4 is 22.7 Å². The van der Waals surface area contributed by atoms with E-state index in [1.165, 1.54) is 0 Å². The van der Waals surface area contributed by atoms with Gasteiger partial charge in [-0.15, -0.1) is 5.10 Å². The molecular formula is C23H25N7O2. The Kier molecular flexibility index (Phi) is 6.66. The van der Waals surface area contributed by atoms with Gasteiger partial charge >= 0.3 is 0 Å². The van der Waals surface area contributed by atoms with Crippen molar-refractivity contribution in [1.82, 2.24) is 24.7 Å². The summed E-state index contributed by atoms with van der Waals surface area (Å²) in [5.41, 5.74) is 2.19. The van der Waals surface area contributed by atoms with Crippen LogP contribution in [0.15, 0.2) is 65.7 Å². The van der Waals surface area contributed by atoms with E-state index in [1.54, 1.807) is 23.0 Å². The van der Waals surface area contributed by atoms with Crippen molar-refractivity contribution in [2.24, 2.45) is 5.92 Å². The van der Waals surface area contributed by atoms with Crippen LogP contribution in [-0.2, 0) is 0 Å². The number of aliphatic hydroxyl groups is 1. The van der Waals surface area contributed by atoms with Crippen molar-refractivity contribution in [2.75, 3.05) is 30.3 Å². The fraction of sp³-hybridized carbons (Fsp3) is 0.261. The van der Waals surface area contributed by atoms with Crippen LogP contribution < -0.4 is 16.2 Å². The lowest BCUT2D eigenvalue weighted by Crippen LogP contribution is -2.24. The van der Waals surface area contributed by atoms with Gasteiger partial charge in [-0.3, -0.25) is 9.36 Å². The second-order valence-corrected chi connectivity index (χ2v) is 7.53. The van der Waals surface area contributed by atoms with Gasteiger partial charge in [0.1, 0.15) is 5.82 Å². The van der Waals surface area contributed by atoms with Gasteiger partial charge in [-0.05, 0) is 48.9 Å². The van der Waals surface area contributed by atoms with Crippen molar-refractivity contribution in [1.29, 1.82) is 0 Å². The molecule has 3 aromatic heterocycles. The molecule has 0 aliphatic rings. The Hall–Kier alpha value is -3.85. The number of fused-ring (bicyclic) bond motifs is 1. The minimum atomic E-state index is -0.104. The number of hydrogen-bond donors (Lipinski definition) is 3. The Morgan fingerprint density at radius 3 is 2.56 bits per heavy atom. The summed E-state index contributed by atoms with van der Waals surface area (Å²) in [6.07, 6.45) is 3.95. The van der Waals surface area contributed by atoms with Crippen molar-refractivity contribution in [2.45, 2.75) is 13.3 Å². The lowest BCUT2D eigenvalue weighted by molar-refractivity contribution is 0.263. The van der Waals surface area contributed by atoms with Crippen LogP contribution in [-0.4, -0.2) is 49.5 Å². The van der Waals surface area contributed by atoms with E-state index < -0.39 is 0 Å². The quantitative estimate of drug-likeness (QED) is 0.370. The van der Waals surface area contributed by atoms with Crippen molar-refractivity contribution in [3.8, 4) is 5.69 Å². The number of benzene rings is 1. The van der Waals surface area contributed by atoms with Gasteiger partial charge in [-0.25, -0.2) is 9.97 Å². The second-order valence-electron chi connectivity index (χ2n) is 7.53. The largest absolute Gasteiger partial charge is 0.396 e. The number of pyridine rings is 2. The van der Waals surface area contributed by atoms with Gasteiger partial charge in [0.2, 0.25) is 5.95 Å². The normalized spacial score (nSPS) is 11.9. The molecular weight excluding hydrogens is 406 g/mol. The number of rotatable bonds is 9. The van der Waals surface area contributed by atoms with Crippen LogP contribution in [0.25, 0.3) is 16.6 Å². The molecule has 0 saturated heterocycles. The molecule has 1 atom stereocenters. The Balaban J connectivity index is 1.42. The highest BCUT2D eigenvalue weighted by Gasteiger charge is 2.11. The molecule has 1 aromatic carbocycles. The zero-order valence-electron chi connectivity index (χ0n) is 17.8. The number of hydrogen-bond acceptors (Lipinski definition) is 8. The average molecular weight is 432 g/mol. The maximum absolute atomic E-state index is 12.5. The van der Waals surface area contributed by atoms with E-state index >= 15 is 0 Å². The van der Waals surface area contributed by atoms with E-state index in [-0.39, 0.29) is 18.1 Å². The molecule has 0 saturated carbocycles. The highest BCUT2D eigenvalue weighted by Crippen LogP contribution is 2.17. The molecule has 164 valence electrons. The maximum Gasteiger partial charge on any atom is 0.255 e. The summed E-state index contributed by atoms with van der Waals surface area (Å²) in [5, 5.41) is 24.8. The van der Waals surface area contributed by atoms with Crippen LogP contribution in [0.5, 0.6) is 0 Å². The molecule has 3 heterocycles. The summed E-state index contributed by atoms with van der Waals surface area (Å²) in [6, 6.07) is 14.9. The van der Waals surface area contributed by atoms with Gasteiger partial charge in [0.05, 0.1) is 29.3 Å². The van der Waals surface area contributed by atoms with Gasteiger partial charge in [0, 0.05) is 25.8 Å². The van der Waals surface area contributed by atoms with Crippen LogP contribution in [0.4, 0.5) is 11.8 Å². The number of anilines is 2. The topological polar surface area (TPSA) is 118 Å². The minimum Gasteiger partial charge on any atom is -0.396 e. The number of nitrogens with zero attached hydrogens (tertiary/aromatic N) is 5. The molecule has 0 radical (unpaired) electrons. The van der Waals surface area contributed by atoms with Gasteiger partial charge in [-0.1, -0.05) is 18.2 Å². The number of para-hydroxylation sites is 1. The molecule has 0 bridgehead atoms. The Morgan fingerprint density at radius 2 is 1.81 bits per heavy atom. The standard InChI is InChI=1S/C23H25N7O2/c1-16-12-26-23(29-28-16)27-14-17(10-11-31)13-24-21-8-7-19(15-25-21)30-20-5-3-2-4-18(20)6-9-22(30)32/h2-9,12,15,17,31H,10-11,13-14H2,1H3,(H,24,25)(H,26,27,29). The van der Waals surface area contributed by atoms with Crippen LogP contribution in [0.1, 0.15) is 12.1 Å². The first-order valence-electron chi connectivity index (χ1n) is 10.5. The Morgan fingerprint density at radius 1 is 0.969 bits per heavy atom. The molecule has 0 amide bonds. The minimum absolute atomic E-state index is 0.0808.